The van der Waals surface area contributed by atoms with Gasteiger partial charge in [-0.3, -0.25) is 0 Å². The highest BCUT2D eigenvalue weighted by atomic mass is 32.1. The van der Waals surface area contributed by atoms with Crippen molar-refractivity contribution < 1.29 is 0 Å². The molecule has 0 saturated carbocycles. The lowest BCUT2D eigenvalue weighted by Gasteiger charge is -1.98. The normalized spacial score (nSPS) is 11.2. The second kappa shape index (κ2) is 3.98. The maximum absolute atomic E-state index is 5.60. The zero-order valence-corrected chi connectivity index (χ0v) is 10.3. The van der Waals surface area contributed by atoms with Crippen molar-refractivity contribution in [1.82, 2.24) is 9.97 Å². The third-order valence-electron chi connectivity index (χ3n) is 2.91. The largest absolute Gasteiger partial charge is 0.360 e. The van der Waals surface area contributed by atoms with Crippen molar-refractivity contribution in [1.29, 1.82) is 0 Å². The van der Waals surface area contributed by atoms with Crippen LogP contribution in [0, 0.1) is 6.92 Å². The van der Waals surface area contributed by atoms with Crippen LogP contribution in [0.1, 0.15) is 11.3 Å². The van der Waals surface area contributed by atoms with Gasteiger partial charge < -0.3 is 10.7 Å². The fraction of sp³-hybridized carbons (Fsp3) is 0.154. The highest BCUT2D eigenvalue weighted by Crippen LogP contribution is 2.32. The van der Waals surface area contributed by atoms with Crippen LogP contribution in [0.3, 0.4) is 0 Å². The molecule has 0 unspecified atom stereocenters. The van der Waals surface area contributed by atoms with E-state index in [2.05, 4.69) is 35.1 Å². The van der Waals surface area contributed by atoms with Crippen LogP contribution in [0.4, 0.5) is 0 Å². The van der Waals surface area contributed by atoms with Crippen LogP contribution < -0.4 is 5.73 Å². The van der Waals surface area contributed by atoms with Crippen LogP contribution in [0.15, 0.2) is 29.8 Å². The quantitative estimate of drug-likeness (QED) is 0.726. The summed E-state index contributed by atoms with van der Waals surface area (Å²) >= 11 is 1.64. The van der Waals surface area contributed by atoms with E-state index in [1.54, 1.807) is 11.3 Å². The van der Waals surface area contributed by atoms with Crippen molar-refractivity contribution in [2.24, 2.45) is 5.73 Å². The van der Waals surface area contributed by atoms with Gasteiger partial charge in [0.25, 0.3) is 0 Å². The minimum Gasteiger partial charge on any atom is -0.360 e. The molecule has 86 valence electrons. The van der Waals surface area contributed by atoms with Gasteiger partial charge in [0, 0.05) is 34.6 Å². The molecular weight excluding hydrogens is 230 g/mol. The average Bonchev–Trinajstić information content (AvgIpc) is 2.94. The lowest BCUT2D eigenvalue weighted by Crippen LogP contribution is -1.95. The highest BCUT2D eigenvalue weighted by molar-refractivity contribution is 7.13. The van der Waals surface area contributed by atoms with E-state index < -0.39 is 0 Å². The first-order valence-corrected chi connectivity index (χ1v) is 6.39. The summed E-state index contributed by atoms with van der Waals surface area (Å²) in [6, 6.07) is 6.27. The number of rotatable bonds is 2. The number of aromatic amines is 1. The molecule has 0 atom stereocenters. The second-order valence-corrected chi connectivity index (χ2v) is 4.91. The molecule has 2 aromatic heterocycles. The zero-order valence-electron chi connectivity index (χ0n) is 9.53. The summed E-state index contributed by atoms with van der Waals surface area (Å²) in [5.74, 6) is 0. The van der Waals surface area contributed by atoms with Crippen molar-refractivity contribution in [3.05, 3.63) is 41.0 Å². The second-order valence-electron chi connectivity index (χ2n) is 4.05. The Morgan fingerprint density at radius 1 is 1.41 bits per heavy atom. The molecule has 0 radical (unpaired) electrons. The smallest absolute Gasteiger partial charge is 0.125 e. The molecule has 3 nitrogen and oxygen atoms in total. The zero-order chi connectivity index (χ0) is 11.8. The van der Waals surface area contributed by atoms with E-state index in [4.69, 9.17) is 5.73 Å². The molecule has 3 aromatic rings. The molecule has 0 amide bonds. The number of H-pyrrole nitrogens is 1. The molecule has 2 heterocycles. The summed E-state index contributed by atoms with van der Waals surface area (Å²) in [6.07, 6.45) is 2.02. The van der Waals surface area contributed by atoms with E-state index in [0.29, 0.717) is 6.54 Å². The maximum Gasteiger partial charge on any atom is 0.125 e. The highest BCUT2D eigenvalue weighted by Gasteiger charge is 2.11. The van der Waals surface area contributed by atoms with Gasteiger partial charge in [0.2, 0.25) is 0 Å². The molecule has 0 aliphatic carbocycles. The van der Waals surface area contributed by atoms with E-state index in [-0.39, 0.29) is 0 Å². The van der Waals surface area contributed by atoms with Gasteiger partial charge in [-0.05, 0) is 18.6 Å². The molecule has 0 fully saturated rings. The molecule has 0 spiro atoms. The lowest BCUT2D eigenvalue weighted by atomic mass is 10.1. The van der Waals surface area contributed by atoms with Crippen molar-refractivity contribution in [2.75, 3.05) is 0 Å². The predicted octanol–water partition coefficient (Wildman–Crippen LogP) is 3.06. The summed E-state index contributed by atoms with van der Waals surface area (Å²) < 4.78 is 0. The Hall–Kier alpha value is -1.65. The molecule has 4 heteroatoms. The maximum atomic E-state index is 5.60. The monoisotopic (exact) mass is 243 g/mol. The Labute approximate surface area is 103 Å². The third-order valence-corrected chi connectivity index (χ3v) is 3.83. The fourth-order valence-electron chi connectivity index (χ4n) is 2.06. The number of hydrogen-bond donors (Lipinski definition) is 2. The van der Waals surface area contributed by atoms with Gasteiger partial charge in [0.15, 0.2) is 0 Å². The number of hydrogen-bond acceptors (Lipinski definition) is 3. The number of fused-ring (bicyclic) bond motifs is 1. The number of nitrogens with one attached hydrogen (secondary N) is 1. The molecule has 0 aliphatic heterocycles. The van der Waals surface area contributed by atoms with Gasteiger partial charge in [-0.15, -0.1) is 11.3 Å². The summed E-state index contributed by atoms with van der Waals surface area (Å²) in [5, 5.41) is 4.31. The number of nitrogens with zero attached hydrogens (tertiary/aromatic N) is 1. The third kappa shape index (κ3) is 1.66. The molecule has 0 bridgehead atoms. The Kier molecular flexibility index (Phi) is 2.46. The van der Waals surface area contributed by atoms with Crippen LogP contribution in [0.5, 0.6) is 0 Å². The summed E-state index contributed by atoms with van der Waals surface area (Å²) in [5.41, 5.74) is 10.1. The first-order chi connectivity index (χ1) is 8.29. The van der Waals surface area contributed by atoms with Crippen LogP contribution >= 0.6 is 11.3 Å². The van der Waals surface area contributed by atoms with Crippen molar-refractivity contribution >= 4 is 22.2 Å². The van der Waals surface area contributed by atoms with Crippen molar-refractivity contribution in [3.63, 3.8) is 0 Å². The lowest BCUT2D eigenvalue weighted by molar-refractivity contribution is 1.01. The van der Waals surface area contributed by atoms with E-state index >= 15 is 0 Å². The van der Waals surface area contributed by atoms with Crippen molar-refractivity contribution in [3.8, 4) is 10.6 Å². The number of benzene rings is 1. The minimum absolute atomic E-state index is 0.498. The van der Waals surface area contributed by atoms with Crippen LogP contribution in [0.2, 0.25) is 0 Å². The Balaban J connectivity index is 2.23. The van der Waals surface area contributed by atoms with Gasteiger partial charge in [-0.2, -0.15) is 0 Å². The van der Waals surface area contributed by atoms with Gasteiger partial charge in [-0.25, -0.2) is 4.98 Å². The Morgan fingerprint density at radius 2 is 2.29 bits per heavy atom. The molecule has 0 aliphatic rings. The van der Waals surface area contributed by atoms with E-state index in [0.717, 1.165) is 16.2 Å². The first-order valence-electron chi connectivity index (χ1n) is 5.51. The molecular formula is C13H13N3S. The molecule has 17 heavy (non-hydrogen) atoms. The number of thiazole rings is 1. The van der Waals surface area contributed by atoms with Crippen molar-refractivity contribution in [2.45, 2.75) is 13.5 Å². The van der Waals surface area contributed by atoms with Crippen LogP contribution in [-0.2, 0) is 6.54 Å². The fourth-order valence-corrected chi connectivity index (χ4v) is 2.92. The SMILES string of the molecule is Cc1cccc2[nH]cc(-c3nc(CN)cs3)c12. The summed E-state index contributed by atoms with van der Waals surface area (Å²) in [7, 11) is 0. The minimum atomic E-state index is 0.498. The number of aryl methyl sites for hydroxylation is 1. The van der Waals surface area contributed by atoms with Gasteiger partial charge >= 0.3 is 0 Å². The Bertz CT molecular complexity index is 666. The standard InChI is InChI=1S/C13H13N3S/c1-8-3-2-4-11-12(8)10(6-15-11)13-16-9(5-14)7-17-13/h2-4,6-7,15H,5,14H2,1H3. The summed E-state index contributed by atoms with van der Waals surface area (Å²) in [6.45, 7) is 2.62. The number of nitrogens with two attached hydrogens (primary N) is 1. The van der Waals surface area contributed by atoms with E-state index in [1.807, 2.05) is 11.6 Å². The topological polar surface area (TPSA) is 54.7 Å². The molecule has 0 saturated heterocycles. The van der Waals surface area contributed by atoms with Gasteiger partial charge in [-0.1, -0.05) is 12.1 Å². The van der Waals surface area contributed by atoms with E-state index in [9.17, 15) is 0 Å². The van der Waals surface area contributed by atoms with Crippen LogP contribution in [0.25, 0.3) is 21.5 Å². The molecule has 3 rings (SSSR count). The van der Waals surface area contributed by atoms with Gasteiger partial charge in [0.1, 0.15) is 5.01 Å². The van der Waals surface area contributed by atoms with Gasteiger partial charge in [0.05, 0.1) is 5.69 Å². The Morgan fingerprint density at radius 3 is 3.06 bits per heavy atom. The molecule has 3 N–H and O–H groups in total. The number of aromatic nitrogens is 2. The first kappa shape index (κ1) is 10.5. The molecule has 1 aromatic carbocycles. The average molecular weight is 243 g/mol. The summed E-state index contributed by atoms with van der Waals surface area (Å²) in [4.78, 5) is 7.83. The van der Waals surface area contributed by atoms with E-state index in [1.165, 1.54) is 16.5 Å². The predicted molar refractivity (Wildman–Crippen MR) is 72.0 cm³/mol. The van der Waals surface area contributed by atoms with Crippen LogP contribution in [-0.4, -0.2) is 9.97 Å².